The van der Waals surface area contributed by atoms with Crippen LogP contribution in [0.15, 0.2) is 24.5 Å². The highest BCUT2D eigenvalue weighted by atomic mass is 16.3. The van der Waals surface area contributed by atoms with Crippen molar-refractivity contribution in [2.75, 3.05) is 13.6 Å². The van der Waals surface area contributed by atoms with Crippen molar-refractivity contribution in [2.24, 2.45) is 5.73 Å². The zero-order valence-corrected chi connectivity index (χ0v) is 16.3. The van der Waals surface area contributed by atoms with Crippen molar-refractivity contribution in [1.82, 2.24) is 19.7 Å². The third-order valence-corrected chi connectivity index (χ3v) is 4.79. The van der Waals surface area contributed by atoms with Gasteiger partial charge in [-0.2, -0.15) is 5.10 Å². The van der Waals surface area contributed by atoms with Crippen LogP contribution in [0, 0.1) is 11.8 Å². The first kappa shape index (κ1) is 20.3. The Morgan fingerprint density at radius 3 is 3.00 bits per heavy atom. The van der Waals surface area contributed by atoms with Gasteiger partial charge in [0.2, 0.25) is 0 Å². The highest BCUT2D eigenvalue weighted by Gasteiger charge is 2.24. The van der Waals surface area contributed by atoms with Crippen LogP contribution in [0.2, 0.25) is 0 Å². The van der Waals surface area contributed by atoms with Crippen LogP contribution in [0.5, 0.6) is 0 Å². The third kappa shape index (κ3) is 4.91. The fraction of sp³-hybridized carbons (Fsp3) is 0.381. The molecule has 8 heteroatoms. The van der Waals surface area contributed by atoms with Gasteiger partial charge in [0.15, 0.2) is 11.5 Å². The molecule has 0 spiro atoms. The van der Waals surface area contributed by atoms with Crippen molar-refractivity contribution in [2.45, 2.75) is 38.2 Å². The van der Waals surface area contributed by atoms with E-state index in [1.165, 1.54) is 6.20 Å². The third-order valence-electron chi connectivity index (χ3n) is 4.79. The van der Waals surface area contributed by atoms with Gasteiger partial charge in [0.05, 0.1) is 11.9 Å². The molecule has 2 heterocycles. The zero-order chi connectivity index (χ0) is 20.8. The Morgan fingerprint density at radius 1 is 1.45 bits per heavy atom. The maximum absolute atomic E-state index is 11.8. The summed E-state index contributed by atoms with van der Waals surface area (Å²) in [7, 11) is 1.73. The van der Waals surface area contributed by atoms with Gasteiger partial charge < -0.3 is 15.7 Å². The van der Waals surface area contributed by atoms with Crippen molar-refractivity contribution in [3.05, 3.63) is 47.0 Å². The summed E-state index contributed by atoms with van der Waals surface area (Å²) in [4.78, 5) is 28.1. The number of aliphatic hydroxyl groups excluding tert-OH is 1. The van der Waals surface area contributed by atoms with Gasteiger partial charge in [-0.3, -0.25) is 4.79 Å². The van der Waals surface area contributed by atoms with Crippen molar-refractivity contribution >= 4 is 11.8 Å². The van der Waals surface area contributed by atoms with E-state index in [9.17, 15) is 14.7 Å². The first-order valence-electron chi connectivity index (χ1n) is 9.47. The molecule has 2 aromatic rings. The quantitative estimate of drug-likeness (QED) is 0.549. The average molecular weight is 393 g/mol. The monoisotopic (exact) mass is 393 g/mol. The minimum absolute atomic E-state index is 0.307. The van der Waals surface area contributed by atoms with Crippen molar-refractivity contribution in [3.63, 3.8) is 0 Å². The molecule has 0 radical (unpaired) electrons. The summed E-state index contributed by atoms with van der Waals surface area (Å²) in [6.07, 6.45) is 6.10. The van der Waals surface area contributed by atoms with Crippen LogP contribution < -0.4 is 5.73 Å². The second kappa shape index (κ2) is 9.20. The number of aliphatic hydroxyl groups is 1. The predicted octanol–water partition coefficient (Wildman–Crippen LogP) is 0.625. The van der Waals surface area contributed by atoms with Crippen molar-refractivity contribution in [1.29, 1.82) is 0 Å². The number of hydrogen-bond donors (Lipinski definition) is 2. The molecule has 0 bridgehead atoms. The number of aromatic nitrogens is 3. The van der Waals surface area contributed by atoms with Crippen LogP contribution >= 0.6 is 0 Å². The van der Waals surface area contributed by atoms with Crippen LogP contribution in [0.4, 0.5) is 0 Å². The molecule has 1 aliphatic rings. The Bertz CT molecular complexity index is 1010. The van der Waals surface area contributed by atoms with Crippen LogP contribution in [-0.2, 0) is 17.6 Å². The van der Waals surface area contributed by atoms with E-state index in [1.54, 1.807) is 40.9 Å². The molecule has 3 N–H and O–H groups in total. The number of primary amides is 1. The van der Waals surface area contributed by atoms with Gasteiger partial charge in [-0.15, -0.1) is 0 Å². The lowest BCUT2D eigenvalue weighted by Crippen LogP contribution is -2.17. The Kier molecular flexibility index (Phi) is 6.45. The molecule has 150 valence electrons. The lowest BCUT2D eigenvalue weighted by Gasteiger charge is -2.13. The highest BCUT2D eigenvalue weighted by Crippen LogP contribution is 2.26. The smallest absolute Gasteiger partial charge is 0.269 e. The van der Waals surface area contributed by atoms with E-state index in [0.29, 0.717) is 30.0 Å². The van der Waals surface area contributed by atoms with E-state index in [4.69, 9.17) is 5.73 Å². The summed E-state index contributed by atoms with van der Waals surface area (Å²) in [5.74, 6) is 7.46. The molecule has 29 heavy (non-hydrogen) atoms. The number of nitrogens with zero attached hydrogens (tertiary/aromatic N) is 4. The fourth-order valence-electron chi connectivity index (χ4n) is 3.32. The molecule has 0 aliphatic heterocycles. The number of amides is 1. The Hall–Kier alpha value is -3.40. The molecular formula is C21H23N5O3. The molecule has 0 unspecified atom stereocenters. The van der Waals surface area contributed by atoms with Gasteiger partial charge in [0, 0.05) is 37.3 Å². The van der Waals surface area contributed by atoms with Gasteiger partial charge in [-0.1, -0.05) is 11.8 Å². The average Bonchev–Trinajstić information content (AvgIpc) is 3.11. The molecule has 0 fully saturated rings. The first-order valence-corrected chi connectivity index (χ1v) is 9.47. The van der Waals surface area contributed by atoms with E-state index in [-0.39, 0.29) is 0 Å². The van der Waals surface area contributed by atoms with Crippen LogP contribution in [-0.4, -0.2) is 56.3 Å². The SMILES string of the molecule is CN(C=C=O)CC[C@@H](O)C#Cc1ccnc(-n2nc(C(N)=O)c3c2CCCC3)c1. The van der Waals surface area contributed by atoms with Crippen LogP contribution in [0.3, 0.4) is 0 Å². The molecule has 8 nitrogen and oxygen atoms in total. The zero-order valence-electron chi connectivity index (χ0n) is 16.3. The number of fused-ring (bicyclic) bond motifs is 1. The standard InChI is InChI=1S/C21H23N5O3/c1-25(12-13-27)11-9-16(28)7-6-15-8-10-23-19(14-15)26-18-5-3-2-4-17(18)20(24-26)21(22)29/h8,10,12,14,16,28H,2-5,9,11H2,1H3,(H2,22,29)/t16-/m0/s1. The largest absolute Gasteiger partial charge is 0.380 e. The number of hydrogen-bond acceptors (Lipinski definition) is 6. The Morgan fingerprint density at radius 2 is 2.24 bits per heavy atom. The molecule has 1 aliphatic carbocycles. The fourth-order valence-corrected chi connectivity index (χ4v) is 3.32. The normalized spacial score (nSPS) is 13.4. The highest BCUT2D eigenvalue weighted by molar-refractivity contribution is 5.92. The van der Waals surface area contributed by atoms with Gasteiger partial charge in [-0.25, -0.2) is 14.5 Å². The summed E-state index contributed by atoms with van der Waals surface area (Å²) >= 11 is 0. The van der Waals surface area contributed by atoms with Crippen LogP contribution in [0.1, 0.15) is 46.6 Å². The summed E-state index contributed by atoms with van der Waals surface area (Å²) in [5, 5.41) is 14.4. The van der Waals surface area contributed by atoms with Crippen LogP contribution in [0.25, 0.3) is 5.82 Å². The molecular weight excluding hydrogens is 370 g/mol. The second-order valence-corrected chi connectivity index (χ2v) is 6.96. The van der Waals surface area contributed by atoms with E-state index in [0.717, 1.165) is 36.9 Å². The van der Waals surface area contributed by atoms with Crippen molar-refractivity contribution in [3.8, 4) is 17.7 Å². The lowest BCUT2D eigenvalue weighted by atomic mass is 9.95. The van der Waals surface area contributed by atoms with E-state index in [2.05, 4.69) is 21.9 Å². The number of carbonyl (C=O) groups excluding carboxylic acids is 2. The van der Waals surface area contributed by atoms with Crippen molar-refractivity contribution < 1.29 is 14.7 Å². The number of rotatable bonds is 6. The first-order chi connectivity index (χ1) is 14.0. The molecule has 0 saturated carbocycles. The molecule has 0 aromatic carbocycles. The minimum atomic E-state index is -0.826. The Balaban J connectivity index is 1.81. The summed E-state index contributed by atoms with van der Waals surface area (Å²) in [5.41, 5.74) is 8.36. The summed E-state index contributed by atoms with van der Waals surface area (Å²) in [6, 6.07) is 3.52. The summed E-state index contributed by atoms with van der Waals surface area (Å²) in [6.45, 7) is 0.488. The molecule has 0 saturated heterocycles. The Labute approximate surface area is 169 Å². The van der Waals surface area contributed by atoms with Gasteiger partial charge in [-0.05, 0) is 37.8 Å². The molecule has 2 aromatic heterocycles. The lowest BCUT2D eigenvalue weighted by molar-refractivity contribution is 0.0994. The van der Waals surface area contributed by atoms with E-state index in [1.807, 2.05) is 0 Å². The van der Waals surface area contributed by atoms with E-state index < -0.39 is 12.0 Å². The maximum Gasteiger partial charge on any atom is 0.269 e. The molecule has 1 amide bonds. The number of nitrogens with two attached hydrogens (primary N) is 1. The van der Waals surface area contributed by atoms with Gasteiger partial charge in [0.25, 0.3) is 5.91 Å². The van der Waals surface area contributed by atoms with Gasteiger partial charge in [0.1, 0.15) is 12.0 Å². The minimum Gasteiger partial charge on any atom is -0.380 e. The van der Waals surface area contributed by atoms with Gasteiger partial charge >= 0.3 is 0 Å². The maximum atomic E-state index is 11.8. The number of carbonyl (C=O) groups is 1. The second-order valence-electron chi connectivity index (χ2n) is 6.96. The summed E-state index contributed by atoms with van der Waals surface area (Å²) < 4.78 is 1.68. The number of pyridine rings is 1. The molecule has 3 rings (SSSR count). The van der Waals surface area contributed by atoms with E-state index >= 15 is 0 Å². The topological polar surface area (TPSA) is 114 Å². The predicted molar refractivity (Wildman–Crippen MR) is 107 cm³/mol. The molecule has 1 atom stereocenters.